The second kappa shape index (κ2) is 8.07. The lowest BCUT2D eigenvalue weighted by atomic mass is 10.1. The first-order valence-corrected chi connectivity index (χ1v) is 9.41. The number of ether oxygens (including phenoxy) is 2. The summed E-state index contributed by atoms with van der Waals surface area (Å²) in [5.41, 5.74) is 3.08. The molecule has 0 aliphatic heterocycles. The molecule has 1 aromatic heterocycles. The van der Waals surface area contributed by atoms with Crippen molar-refractivity contribution in [3.8, 4) is 5.75 Å². The van der Waals surface area contributed by atoms with Crippen LogP contribution in [0.3, 0.4) is 0 Å². The van der Waals surface area contributed by atoms with E-state index in [0.29, 0.717) is 27.7 Å². The van der Waals surface area contributed by atoms with Gasteiger partial charge in [0.1, 0.15) is 0 Å². The third-order valence-corrected chi connectivity index (χ3v) is 4.80. The van der Waals surface area contributed by atoms with Crippen molar-refractivity contribution in [2.75, 3.05) is 7.11 Å². The van der Waals surface area contributed by atoms with Crippen molar-refractivity contribution in [1.82, 2.24) is 4.57 Å². The summed E-state index contributed by atoms with van der Waals surface area (Å²) in [5, 5.41) is 0.585. The summed E-state index contributed by atoms with van der Waals surface area (Å²) < 4.78 is 26.3. The molecule has 29 heavy (non-hydrogen) atoms. The number of nitrogens with zero attached hydrogens (tertiary/aromatic N) is 1. The molecular formula is C23H24FNO4. The van der Waals surface area contributed by atoms with E-state index >= 15 is 0 Å². The minimum Gasteiger partial charge on any atom is -0.494 e. The number of carbonyl (C=O) groups is 2. The highest BCUT2D eigenvalue weighted by Crippen LogP contribution is 2.32. The molecule has 0 radical (unpaired) electrons. The van der Waals surface area contributed by atoms with Crippen molar-refractivity contribution in [3.63, 3.8) is 0 Å². The molecule has 0 bridgehead atoms. The molecule has 0 saturated carbocycles. The summed E-state index contributed by atoms with van der Waals surface area (Å²) in [7, 11) is 1.37. The average molecular weight is 397 g/mol. The Morgan fingerprint density at radius 1 is 1.10 bits per heavy atom. The molecular weight excluding hydrogens is 373 g/mol. The maximum Gasteiger partial charge on any atom is 0.310 e. The number of esters is 1. The maximum atomic E-state index is 14.5. The topological polar surface area (TPSA) is 57.5 Å². The Bertz CT molecular complexity index is 1080. The second-order valence-corrected chi connectivity index (χ2v) is 7.29. The Hall–Kier alpha value is -3.15. The number of rotatable bonds is 5. The van der Waals surface area contributed by atoms with Crippen LogP contribution < -0.4 is 4.74 Å². The SMILES string of the molecule is COc1cc2c(CC(=O)OC(C)C)c(C)n(C(=O)c3ccc(C)cc3)c2cc1F. The molecule has 0 aliphatic carbocycles. The van der Waals surface area contributed by atoms with Crippen LogP contribution in [0.5, 0.6) is 5.75 Å². The number of aromatic nitrogens is 1. The number of halogens is 1. The van der Waals surface area contributed by atoms with Gasteiger partial charge in [-0.1, -0.05) is 17.7 Å². The van der Waals surface area contributed by atoms with E-state index in [1.807, 2.05) is 19.1 Å². The molecule has 0 saturated heterocycles. The number of fused-ring (bicyclic) bond motifs is 1. The summed E-state index contributed by atoms with van der Waals surface area (Å²) in [5.74, 6) is -1.23. The van der Waals surface area contributed by atoms with E-state index in [0.717, 1.165) is 5.56 Å². The zero-order chi connectivity index (χ0) is 21.3. The van der Waals surface area contributed by atoms with Gasteiger partial charge in [-0.05, 0) is 51.5 Å². The molecule has 3 aromatic rings. The number of carbonyl (C=O) groups excluding carboxylic acids is 2. The molecule has 0 atom stereocenters. The van der Waals surface area contributed by atoms with Crippen molar-refractivity contribution in [3.05, 3.63) is 64.6 Å². The monoisotopic (exact) mass is 397 g/mol. The Morgan fingerprint density at radius 2 is 1.76 bits per heavy atom. The summed E-state index contributed by atoms with van der Waals surface area (Å²) in [6.07, 6.45) is -0.277. The highest BCUT2D eigenvalue weighted by atomic mass is 19.1. The van der Waals surface area contributed by atoms with Gasteiger partial charge in [-0.2, -0.15) is 0 Å². The fourth-order valence-corrected chi connectivity index (χ4v) is 3.40. The average Bonchev–Trinajstić information content (AvgIpc) is 2.91. The molecule has 6 heteroatoms. The lowest BCUT2D eigenvalue weighted by Gasteiger charge is -2.09. The van der Waals surface area contributed by atoms with Crippen LogP contribution in [0.2, 0.25) is 0 Å². The number of hydrogen-bond acceptors (Lipinski definition) is 4. The summed E-state index contributed by atoms with van der Waals surface area (Å²) >= 11 is 0. The third kappa shape index (κ3) is 4.01. The van der Waals surface area contributed by atoms with Crippen molar-refractivity contribution >= 4 is 22.8 Å². The van der Waals surface area contributed by atoms with Crippen LogP contribution in [-0.2, 0) is 16.0 Å². The van der Waals surface area contributed by atoms with Gasteiger partial charge in [0.15, 0.2) is 11.6 Å². The van der Waals surface area contributed by atoms with Gasteiger partial charge in [-0.3, -0.25) is 14.2 Å². The highest BCUT2D eigenvalue weighted by Gasteiger charge is 2.24. The summed E-state index contributed by atoms with van der Waals surface area (Å²) in [4.78, 5) is 25.5. The first-order valence-electron chi connectivity index (χ1n) is 9.41. The van der Waals surface area contributed by atoms with Crippen LogP contribution in [0.15, 0.2) is 36.4 Å². The first-order chi connectivity index (χ1) is 13.7. The van der Waals surface area contributed by atoms with Crippen LogP contribution in [-0.4, -0.2) is 29.7 Å². The zero-order valence-corrected chi connectivity index (χ0v) is 17.2. The van der Waals surface area contributed by atoms with Gasteiger partial charge in [0.2, 0.25) is 0 Å². The van der Waals surface area contributed by atoms with Crippen molar-refractivity contribution < 1.29 is 23.5 Å². The van der Waals surface area contributed by atoms with Crippen molar-refractivity contribution in [2.24, 2.45) is 0 Å². The van der Waals surface area contributed by atoms with E-state index in [-0.39, 0.29) is 24.2 Å². The molecule has 5 nitrogen and oxygen atoms in total. The largest absolute Gasteiger partial charge is 0.494 e. The molecule has 152 valence electrons. The Balaban J connectivity index is 2.20. The molecule has 3 rings (SSSR count). The first kappa shape index (κ1) is 20.6. The number of aryl methyl sites for hydroxylation is 1. The predicted molar refractivity (Wildman–Crippen MR) is 109 cm³/mol. The normalized spacial score (nSPS) is 11.1. The van der Waals surface area contributed by atoms with Crippen molar-refractivity contribution in [2.45, 2.75) is 40.2 Å². The minimum atomic E-state index is -0.577. The molecule has 1 heterocycles. The molecule has 0 amide bonds. The molecule has 0 fully saturated rings. The van der Waals surface area contributed by atoms with Gasteiger partial charge in [-0.25, -0.2) is 4.39 Å². The maximum absolute atomic E-state index is 14.5. The van der Waals surface area contributed by atoms with Crippen LogP contribution in [0.4, 0.5) is 4.39 Å². The fraction of sp³-hybridized carbons (Fsp3) is 0.304. The minimum absolute atomic E-state index is 0.0243. The molecule has 0 spiro atoms. The number of hydrogen-bond donors (Lipinski definition) is 0. The van der Waals surface area contributed by atoms with Gasteiger partial charge < -0.3 is 9.47 Å². The Morgan fingerprint density at radius 3 is 2.34 bits per heavy atom. The number of benzene rings is 2. The van der Waals surface area contributed by atoms with E-state index in [9.17, 15) is 14.0 Å². The Labute approximate surface area is 169 Å². The lowest BCUT2D eigenvalue weighted by molar-refractivity contribution is -0.146. The quantitative estimate of drug-likeness (QED) is 0.591. The van der Waals surface area contributed by atoms with Crippen LogP contribution in [0.1, 0.15) is 41.0 Å². The van der Waals surface area contributed by atoms with E-state index in [2.05, 4.69) is 0 Å². The molecule has 2 aromatic carbocycles. The van der Waals surface area contributed by atoms with Crippen molar-refractivity contribution in [1.29, 1.82) is 0 Å². The van der Waals surface area contributed by atoms with Gasteiger partial charge in [-0.15, -0.1) is 0 Å². The standard InChI is InChI=1S/C23H24FNO4/c1-13(2)29-22(26)11-17-15(4)25(23(27)16-8-6-14(3)7-9-16)20-12-19(24)21(28-5)10-18(17)20/h6-10,12-13H,11H2,1-5H3. The molecule has 0 unspecified atom stereocenters. The van der Waals surface area contributed by atoms with E-state index in [1.54, 1.807) is 32.9 Å². The third-order valence-electron chi connectivity index (χ3n) is 4.80. The zero-order valence-electron chi connectivity index (χ0n) is 17.2. The smallest absolute Gasteiger partial charge is 0.310 e. The van der Waals surface area contributed by atoms with E-state index < -0.39 is 11.8 Å². The van der Waals surface area contributed by atoms with Gasteiger partial charge in [0.25, 0.3) is 5.91 Å². The number of methoxy groups -OCH3 is 1. The van der Waals surface area contributed by atoms with Gasteiger partial charge >= 0.3 is 5.97 Å². The summed E-state index contributed by atoms with van der Waals surface area (Å²) in [6.45, 7) is 7.22. The second-order valence-electron chi connectivity index (χ2n) is 7.29. The summed E-state index contributed by atoms with van der Waals surface area (Å²) in [6, 6.07) is 9.95. The van der Waals surface area contributed by atoms with Gasteiger partial charge in [0.05, 0.1) is 25.2 Å². The van der Waals surface area contributed by atoms with Crippen LogP contribution >= 0.6 is 0 Å². The van der Waals surface area contributed by atoms with Crippen LogP contribution in [0, 0.1) is 19.7 Å². The Kier molecular flexibility index (Phi) is 5.73. The molecule has 0 aliphatic rings. The van der Waals surface area contributed by atoms with E-state index in [1.165, 1.54) is 23.8 Å². The fourth-order valence-electron chi connectivity index (χ4n) is 3.40. The van der Waals surface area contributed by atoms with E-state index in [4.69, 9.17) is 9.47 Å². The molecule has 0 N–H and O–H groups in total. The highest BCUT2D eigenvalue weighted by molar-refractivity contribution is 6.05. The predicted octanol–water partition coefficient (Wildman–Crippen LogP) is 4.59. The lowest BCUT2D eigenvalue weighted by Crippen LogP contribution is -2.16. The van der Waals surface area contributed by atoms with Gasteiger partial charge in [0, 0.05) is 22.7 Å². The van der Waals surface area contributed by atoms with Crippen LogP contribution in [0.25, 0.3) is 10.9 Å².